The zero-order chi connectivity index (χ0) is 19.6. The van der Waals surface area contributed by atoms with Crippen molar-refractivity contribution in [2.75, 3.05) is 10.6 Å². The molecule has 2 aromatic rings. The Morgan fingerprint density at radius 3 is 2.52 bits per heavy atom. The Morgan fingerprint density at radius 2 is 1.85 bits per heavy atom. The summed E-state index contributed by atoms with van der Waals surface area (Å²) < 4.78 is 5.62. The molecule has 2 N–H and O–H groups in total. The minimum absolute atomic E-state index is 0.0238. The molecule has 0 radical (unpaired) electrons. The van der Waals surface area contributed by atoms with Crippen LogP contribution in [0.2, 0.25) is 10.0 Å². The second-order valence-corrected chi connectivity index (χ2v) is 7.46. The summed E-state index contributed by atoms with van der Waals surface area (Å²) in [5, 5.41) is 6.54. The van der Waals surface area contributed by atoms with Crippen molar-refractivity contribution in [3.8, 4) is 5.75 Å². The van der Waals surface area contributed by atoms with Gasteiger partial charge in [-0.25, -0.2) is 0 Å². The lowest BCUT2D eigenvalue weighted by atomic mass is 10.1. The SMILES string of the molecule is Cc1ccc(NC(=O)C(C)Oc2ccc(Cl)cc2Cl)cc1NC(=O)C1CC1. The molecule has 3 rings (SSSR count). The van der Waals surface area contributed by atoms with Crippen molar-refractivity contribution in [1.29, 1.82) is 0 Å². The molecule has 0 saturated heterocycles. The highest BCUT2D eigenvalue weighted by Crippen LogP contribution is 2.31. The zero-order valence-corrected chi connectivity index (χ0v) is 16.5. The highest BCUT2D eigenvalue weighted by atomic mass is 35.5. The minimum Gasteiger partial charge on any atom is -0.479 e. The molecule has 1 unspecified atom stereocenters. The predicted molar refractivity (Wildman–Crippen MR) is 108 cm³/mol. The predicted octanol–water partition coefficient (Wildman–Crippen LogP) is 5.06. The van der Waals surface area contributed by atoms with Gasteiger partial charge in [-0.1, -0.05) is 29.3 Å². The molecule has 0 spiro atoms. The van der Waals surface area contributed by atoms with Crippen LogP contribution in [-0.2, 0) is 9.59 Å². The fourth-order valence-corrected chi connectivity index (χ4v) is 2.93. The number of hydrogen-bond acceptors (Lipinski definition) is 3. The van der Waals surface area contributed by atoms with Gasteiger partial charge in [0.05, 0.1) is 5.02 Å². The lowest BCUT2D eigenvalue weighted by Gasteiger charge is -2.17. The monoisotopic (exact) mass is 406 g/mol. The van der Waals surface area contributed by atoms with Gasteiger partial charge in [0.2, 0.25) is 5.91 Å². The van der Waals surface area contributed by atoms with Crippen LogP contribution in [0.3, 0.4) is 0 Å². The Morgan fingerprint density at radius 1 is 1.11 bits per heavy atom. The lowest BCUT2D eigenvalue weighted by molar-refractivity contribution is -0.122. The van der Waals surface area contributed by atoms with E-state index in [2.05, 4.69) is 10.6 Å². The molecule has 1 saturated carbocycles. The third-order valence-corrected chi connectivity index (χ3v) is 4.81. The molecule has 0 aromatic heterocycles. The Labute approximate surface area is 168 Å². The van der Waals surface area contributed by atoms with Crippen molar-refractivity contribution >= 4 is 46.4 Å². The summed E-state index contributed by atoms with van der Waals surface area (Å²) >= 11 is 11.9. The summed E-state index contributed by atoms with van der Waals surface area (Å²) in [5.41, 5.74) is 2.20. The first-order valence-electron chi connectivity index (χ1n) is 8.67. The molecule has 2 amide bonds. The van der Waals surface area contributed by atoms with Crippen LogP contribution < -0.4 is 15.4 Å². The molecule has 142 valence electrons. The normalized spacial score (nSPS) is 14.4. The number of benzene rings is 2. The highest BCUT2D eigenvalue weighted by molar-refractivity contribution is 6.35. The number of carbonyl (C=O) groups is 2. The average molecular weight is 407 g/mol. The van der Waals surface area contributed by atoms with Crippen molar-refractivity contribution in [2.45, 2.75) is 32.8 Å². The largest absolute Gasteiger partial charge is 0.479 e. The van der Waals surface area contributed by atoms with E-state index in [1.54, 1.807) is 37.3 Å². The van der Waals surface area contributed by atoms with Crippen molar-refractivity contribution in [1.82, 2.24) is 0 Å². The van der Waals surface area contributed by atoms with Gasteiger partial charge in [0.25, 0.3) is 5.91 Å². The molecule has 0 aliphatic heterocycles. The molecule has 1 atom stereocenters. The van der Waals surface area contributed by atoms with Crippen LogP contribution in [0.25, 0.3) is 0 Å². The number of amides is 2. The Bertz CT molecular complexity index is 882. The molecule has 7 heteroatoms. The van der Waals surface area contributed by atoms with Gasteiger partial charge < -0.3 is 15.4 Å². The van der Waals surface area contributed by atoms with E-state index in [0.717, 1.165) is 18.4 Å². The maximum Gasteiger partial charge on any atom is 0.265 e. The Kier molecular flexibility index (Phi) is 5.92. The Balaban J connectivity index is 1.64. The van der Waals surface area contributed by atoms with Crippen LogP contribution in [0.15, 0.2) is 36.4 Å². The molecular formula is C20H20Cl2N2O3. The standard InChI is InChI=1S/C20H20Cl2N2O3/c1-11-3-7-15(10-17(11)24-20(26)13-4-5-13)23-19(25)12(2)27-18-8-6-14(21)9-16(18)22/h3,6-10,12-13H,4-5H2,1-2H3,(H,23,25)(H,24,26). The van der Waals surface area contributed by atoms with Gasteiger partial charge in [-0.3, -0.25) is 9.59 Å². The molecule has 0 heterocycles. The summed E-state index contributed by atoms with van der Waals surface area (Å²) in [7, 11) is 0. The van der Waals surface area contributed by atoms with Gasteiger partial charge in [0.15, 0.2) is 6.10 Å². The summed E-state index contributed by atoms with van der Waals surface area (Å²) in [6.45, 7) is 3.53. The number of anilines is 2. The summed E-state index contributed by atoms with van der Waals surface area (Å²) in [6, 6.07) is 10.2. The van der Waals surface area contributed by atoms with E-state index in [9.17, 15) is 9.59 Å². The minimum atomic E-state index is -0.769. The van der Waals surface area contributed by atoms with Crippen LogP contribution in [-0.4, -0.2) is 17.9 Å². The quantitative estimate of drug-likeness (QED) is 0.704. The summed E-state index contributed by atoms with van der Waals surface area (Å²) in [4.78, 5) is 24.4. The van der Waals surface area contributed by atoms with Gasteiger partial charge in [-0.05, 0) is 62.6 Å². The topological polar surface area (TPSA) is 67.4 Å². The average Bonchev–Trinajstić information content (AvgIpc) is 3.45. The first kappa shape index (κ1) is 19.5. The number of rotatable bonds is 6. The number of nitrogens with one attached hydrogen (secondary N) is 2. The zero-order valence-electron chi connectivity index (χ0n) is 15.0. The van der Waals surface area contributed by atoms with Crippen LogP contribution >= 0.6 is 23.2 Å². The fraction of sp³-hybridized carbons (Fsp3) is 0.300. The maximum absolute atomic E-state index is 12.4. The number of carbonyl (C=O) groups excluding carboxylic acids is 2. The van der Waals surface area contributed by atoms with Gasteiger partial charge in [0, 0.05) is 22.3 Å². The summed E-state index contributed by atoms with van der Waals surface area (Å²) in [6.07, 6.45) is 1.10. The molecule has 27 heavy (non-hydrogen) atoms. The molecule has 1 aliphatic rings. The van der Waals surface area contributed by atoms with E-state index in [4.69, 9.17) is 27.9 Å². The third kappa shape index (κ3) is 5.15. The Hall–Kier alpha value is -2.24. The van der Waals surface area contributed by atoms with Crippen molar-refractivity contribution in [3.05, 3.63) is 52.0 Å². The molecular weight excluding hydrogens is 387 g/mol. The summed E-state index contributed by atoms with van der Waals surface area (Å²) in [5.74, 6) is 0.185. The van der Waals surface area contributed by atoms with Crippen LogP contribution in [0.5, 0.6) is 5.75 Å². The highest BCUT2D eigenvalue weighted by Gasteiger charge is 2.29. The van der Waals surface area contributed by atoms with E-state index in [1.807, 2.05) is 13.0 Å². The fourth-order valence-electron chi connectivity index (χ4n) is 2.47. The van der Waals surface area contributed by atoms with E-state index >= 15 is 0 Å². The molecule has 5 nitrogen and oxygen atoms in total. The second-order valence-electron chi connectivity index (χ2n) is 6.62. The van der Waals surface area contributed by atoms with Gasteiger partial charge >= 0.3 is 0 Å². The second kappa shape index (κ2) is 8.19. The van der Waals surface area contributed by atoms with E-state index < -0.39 is 6.10 Å². The van der Waals surface area contributed by atoms with Crippen molar-refractivity contribution < 1.29 is 14.3 Å². The number of aryl methyl sites for hydroxylation is 1. The van der Waals surface area contributed by atoms with E-state index in [1.165, 1.54) is 0 Å². The van der Waals surface area contributed by atoms with E-state index in [0.29, 0.717) is 27.2 Å². The number of halogens is 2. The van der Waals surface area contributed by atoms with Gasteiger partial charge in [-0.2, -0.15) is 0 Å². The van der Waals surface area contributed by atoms with Gasteiger partial charge in [0.1, 0.15) is 5.75 Å². The molecule has 1 fully saturated rings. The third-order valence-electron chi connectivity index (χ3n) is 4.28. The van der Waals surface area contributed by atoms with Gasteiger partial charge in [-0.15, -0.1) is 0 Å². The van der Waals surface area contributed by atoms with Crippen LogP contribution in [0.4, 0.5) is 11.4 Å². The molecule has 0 bridgehead atoms. The van der Waals surface area contributed by atoms with Crippen LogP contribution in [0.1, 0.15) is 25.3 Å². The smallest absolute Gasteiger partial charge is 0.265 e. The van der Waals surface area contributed by atoms with Crippen molar-refractivity contribution in [3.63, 3.8) is 0 Å². The number of hydrogen-bond donors (Lipinski definition) is 2. The van der Waals surface area contributed by atoms with E-state index in [-0.39, 0.29) is 17.7 Å². The molecule has 2 aromatic carbocycles. The number of ether oxygens (including phenoxy) is 1. The van der Waals surface area contributed by atoms with Crippen LogP contribution in [0, 0.1) is 12.8 Å². The first-order valence-corrected chi connectivity index (χ1v) is 9.43. The first-order chi connectivity index (χ1) is 12.8. The molecule has 1 aliphatic carbocycles. The maximum atomic E-state index is 12.4. The lowest BCUT2D eigenvalue weighted by Crippen LogP contribution is -2.30. The van der Waals surface area contributed by atoms with Crippen molar-refractivity contribution in [2.24, 2.45) is 5.92 Å².